The maximum atomic E-state index is 5.45. The Kier molecular flexibility index (Phi) is 7.98. The van der Waals surface area contributed by atoms with E-state index in [1.165, 1.54) is 0 Å². The van der Waals surface area contributed by atoms with Crippen molar-refractivity contribution < 1.29 is 14.0 Å². The van der Waals surface area contributed by atoms with Gasteiger partial charge in [-0.15, -0.1) is 0 Å². The van der Waals surface area contributed by atoms with Gasteiger partial charge in [-0.2, -0.15) is 0 Å². The Hall–Kier alpha value is -2.70. The number of aromatic nitrogens is 1. The second kappa shape index (κ2) is 10.4. The first-order valence-electron chi connectivity index (χ1n) is 9.37. The molecule has 1 heterocycles. The Morgan fingerprint density at radius 1 is 1.11 bits per heavy atom. The van der Waals surface area contributed by atoms with E-state index in [4.69, 9.17) is 14.0 Å². The average molecular weight is 374 g/mol. The number of methoxy groups -OCH3 is 2. The molecule has 0 aliphatic carbocycles. The van der Waals surface area contributed by atoms with Gasteiger partial charge in [0, 0.05) is 30.3 Å². The first kappa shape index (κ1) is 20.6. The lowest BCUT2D eigenvalue weighted by molar-refractivity contribution is 0.355. The Morgan fingerprint density at radius 2 is 1.85 bits per heavy atom. The number of hydrogen-bond donors (Lipinski definition) is 2. The Balaban J connectivity index is 2.10. The van der Waals surface area contributed by atoms with Crippen LogP contribution in [0.25, 0.3) is 0 Å². The number of nitrogens with zero attached hydrogens (tertiary/aromatic N) is 2. The molecule has 0 aliphatic rings. The zero-order valence-corrected chi connectivity index (χ0v) is 16.8. The average Bonchev–Trinajstić information content (AvgIpc) is 3.16. The normalized spacial score (nSPS) is 11.6. The van der Waals surface area contributed by atoms with Gasteiger partial charge in [0.15, 0.2) is 23.2 Å². The van der Waals surface area contributed by atoms with Gasteiger partial charge in [0.05, 0.1) is 19.9 Å². The molecule has 0 radical (unpaired) electrons. The summed E-state index contributed by atoms with van der Waals surface area (Å²) in [7, 11) is 3.23. The summed E-state index contributed by atoms with van der Waals surface area (Å²) in [5, 5.41) is 10.7. The van der Waals surface area contributed by atoms with Crippen molar-refractivity contribution in [3.05, 3.63) is 35.7 Å². The Bertz CT molecular complexity index is 739. The summed E-state index contributed by atoms with van der Waals surface area (Å²) in [6.45, 7) is 7.50. The van der Waals surface area contributed by atoms with Gasteiger partial charge >= 0.3 is 0 Å². The van der Waals surface area contributed by atoms with Crippen molar-refractivity contribution in [2.75, 3.05) is 26.1 Å². The smallest absolute Gasteiger partial charge is 0.196 e. The largest absolute Gasteiger partial charge is 0.493 e. The van der Waals surface area contributed by atoms with Gasteiger partial charge in [0.1, 0.15) is 6.54 Å². The van der Waals surface area contributed by atoms with Crippen LogP contribution >= 0.6 is 0 Å². The maximum absolute atomic E-state index is 5.45. The predicted octanol–water partition coefficient (Wildman–Crippen LogP) is 4.17. The van der Waals surface area contributed by atoms with Gasteiger partial charge in [0.2, 0.25) is 0 Å². The summed E-state index contributed by atoms with van der Waals surface area (Å²) >= 11 is 0. The second-order valence-corrected chi connectivity index (χ2v) is 6.12. The van der Waals surface area contributed by atoms with E-state index in [2.05, 4.69) is 34.6 Å². The summed E-state index contributed by atoms with van der Waals surface area (Å²) in [6, 6.07) is 7.63. The van der Waals surface area contributed by atoms with Gasteiger partial charge in [-0.3, -0.25) is 0 Å². The molecule has 1 aromatic carbocycles. The van der Waals surface area contributed by atoms with Gasteiger partial charge in [-0.25, -0.2) is 4.99 Å². The fourth-order valence-electron chi connectivity index (χ4n) is 2.82. The molecule has 2 aromatic rings. The molecule has 0 unspecified atom stereocenters. The third-order valence-corrected chi connectivity index (χ3v) is 4.36. The van der Waals surface area contributed by atoms with E-state index in [0.717, 1.165) is 36.5 Å². The lowest BCUT2D eigenvalue weighted by Gasteiger charge is -2.13. The van der Waals surface area contributed by atoms with E-state index in [9.17, 15) is 0 Å². The maximum Gasteiger partial charge on any atom is 0.196 e. The van der Waals surface area contributed by atoms with Crippen LogP contribution in [0.15, 0.2) is 33.8 Å². The van der Waals surface area contributed by atoms with Crippen molar-refractivity contribution in [1.82, 2.24) is 10.5 Å². The molecule has 1 aromatic heterocycles. The summed E-state index contributed by atoms with van der Waals surface area (Å²) < 4.78 is 16.1. The van der Waals surface area contributed by atoms with Crippen LogP contribution in [0, 0.1) is 0 Å². The minimum absolute atomic E-state index is 0.412. The number of aliphatic imine (C=N–C) groups is 1. The summed E-state index contributed by atoms with van der Waals surface area (Å²) in [4.78, 5) is 4.59. The van der Waals surface area contributed by atoms with Crippen LogP contribution in [0.2, 0.25) is 0 Å². The molecule has 0 atom stereocenters. The molecule has 0 bridgehead atoms. The Morgan fingerprint density at radius 3 is 2.48 bits per heavy atom. The standard InChI is InChI=1S/C20H30N4O3/c1-6-14(7-2)17-12-16(27-24-17)13-22-20(21-8-3)23-15-9-10-18(25-4)19(11-15)26-5/h9-12,14H,6-8,13H2,1-5H3,(H2,21,22,23). The van der Waals surface area contributed by atoms with Crippen LogP contribution in [0.4, 0.5) is 5.69 Å². The highest BCUT2D eigenvalue weighted by Crippen LogP contribution is 2.29. The fourth-order valence-corrected chi connectivity index (χ4v) is 2.82. The SMILES string of the molecule is CCNC(=NCc1cc(C(CC)CC)no1)Nc1ccc(OC)c(OC)c1. The number of anilines is 1. The van der Waals surface area contributed by atoms with Crippen LogP contribution in [-0.2, 0) is 6.54 Å². The van der Waals surface area contributed by atoms with Crippen molar-refractivity contribution in [3.63, 3.8) is 0 Å². The van der Waals surface area contributed by atoms with Crippen molar-refractivity contribution in [2.24, 2.45) is 4.99 Å². The summed E-state index contributed by atoms with van der Waals surface area (Å²) in [5.41, 5.74) is 1.85. The van der Waals surface area contributed by atoms with E-state index in [1.807, 2.05) is 31.2 Å². The van der Waals surface area contributed by atoms with E-state index in [0.29, 0.717) is 29.9 Å². The molecular formula is C20H30N4O3. The fraction of sp³-hybridized carbons (Fsp3) is 0.500. The third kappa shape index (κ3) is 5.64. The number of benzene rings is 1. The highest BCUT2D eigenvalue weighted by Gasteiger charge is 2.13. The number of hydrogen-bond acceptors (Lipinski definition) is 5. The van der Waals surface area contributed by atoms with Gasteiger partial charge in [-0.1, -0.05) is 19.0 Å². The molecule has 0 spiro atoms. The first-order chi connectivity index (χ1) is 13.1. The van der Waals surface area contributed by atoms with Crippen molar-refractivity contribution in [3.8, 4) is 11.5 Å². The molecule has 0 aliphatic heterocycles. The van der Waals surface area contributed by atoms with E-state index in [1.54, 1.807) is 14.2 Å². The number of guanidine groups is 1. The number of ether oxygens (including phenoxy) is 2. The van der Waals surface area contributed by atoms with E-state index < -0.39 is 0 Å². The Labute approximate surface area is 161 Å². The summed E-state index contributed by atoms with van der Waals surface area (Å²) in [5.74, 6) is 3.18. The molecule has 0 saturated heterocycles. The van der Waals surface area contributed by atoms with Crippen LogP contribution in [0.5, 0.6) is 11.5 Å². The monoisotopic (exact) mass is 374 g/mol. The van der Waals surface area contributed by atoms with Crippen LogP contribution < -0.4 is 20.1 Å². The molecular weight excluding hydrogens is 344 g/mol. The van der Waals surface area contributed by atoms with E-state index >= 15 is 0 Å². The molecule has 2 N–H and O–H groups in total. The number of rotatable bonds is 9. The molecule has 7 heteroatoms. The third-order valence-electron chi connectivity index (χ3n) is 4.36. The lowest BCUT2D eigenvalue weighted by Crippen LogP contribution is -2.30. The highest BCUT2D eigenvalue weighted by atomic mass is 16.5. The van der Waals surface area contributed by atoms with Gasteiger partial charge in [0.25, 0.3) is 0 Å². The zero-order valence-electron chi connectivity index (χ0n) is 16.8. The van der Waals surface area contributed by atoms with Crippen molar-refractivity contribution in [1.29, 1.82) is 0 Å². The van der Waals surface area contributed by atoms with Crippen LogP contribution in [0.1, 0.15) is 51.0 Å². The quantitative estimate of drug-likeness (QED) is 0.506. The molecule has 0 amide bonds. The minimum atomic E-state index is 0.412. The molecule has 148 valence electrons. The van der Waals surface area contributed by atoms with Crippen LogP contribution in [-0.4, -0.2) is 31.9 Å². The highest BCUT2D eigenvalue weighted by molar-refractivity contribution is 5.93. The summed E-state index contributed by atoms with van der Waals surface area (Å²) in [6.07, 6.45) is 2.10. The molecule has 7 nitrogen and oxygen atoms in total. The lowest BCUT2D eigenvalue weighted by atomic mass is 9.99. The van der Waals surface area contributed by atoms with Gasteiger partial charge < -0.3 is 24.6 Å². The minimum Gasteiger partial charge on any atom is -0.493 e. The van der Waals surface area contributed by atoms with Crippen molar-refractivity contribution in [2.45, 2.75) is 46.1 Å². The molecule has 0 fully saturated rings. The zero-order chi connectivity index (χ0) is 19.6. The topological polar surface area (TPSA) is 80.9 Å². The van der Waals surface area contributed by atoms with Gasteiger partial charge in [-0.05, 0) is 31.9 Å². The van der Waals surface area contributed by atoms with E-state index in [-0.39, 0.29) is 0 Å². The number of nitrogens with one attached hydrogen (secondary N) is 2. The molecule has 27 heavy (non-hydrogen) atoms. The first-order valence-corrected chi connectivity index (χ1v) is 9.37. The molecule has 2 rings (SSSR count). The molecule has 0 saturated carbocycles. The second-order valence-electron chi connectivity index (χ2n) is 6.12. The van der Waals surface area contributed by atoms with Crippen LogP contribution in [0.3, 0.4) is 0 Å². The predicted molar refractivity (Wildman–Crippen MR) is 108 cm³/mol. The van der Waals surface area contributed by atoms with Crippen molar-refractivity contribution >= 4 is 11.6 Å².